The summed E-state index contributed by atoms with van der Waals surface area (Å²) in [5.41, 5.74) is 0.874. The fourth-order valence-electron chi connectivity index (χ4n) is 2.14. The number of fused-ring (bicyclic) bond motifs is 1. The molecule has 0 aliphatic carbocycles. The predicted molar refractivity (Wildman–Crippen MR) is 81.6 cm³/mol. The highest BCUT2D eigenvalue weighted by molar-refractivity contribution is 7.99. The Kier molecular flexibility index (Phi) is 3.91. The maximum absolute atomic E-state index is 13.8. The summed E-state index contributed by atoms with van der Waals surface area (Å²) in [4.78, 5) is 4.66. The van der Waals surface area contributed by atoms with Crippen molar-refractivity contribution in [2.75, 3.05) is 11.1 Å². The lowest BCUT2D eigenvalue weighted by Gasteiger charge is -2.25. The Morgan fingerprint density at radius 1 is 1.43 bits per heavy atom. The number of primary sulfonamides is 1. The number of anilines is 1. The first-order valence-electron chi connectivity index (χ1n) is 6.11. The van der Waals surface area contributed by atoms with Crippen molar-refractivity contribution in [1.29, 1.82) is 0 Å². The molecule has 21 heavy (non-hydrogen) atoms. The summed E-state index contributed by atoms with van der Waals surface area (Å²) in [7, 11) is -3.74. The van der Waals surface area contributed by atoms with Crippen LogP contribution in [-0.2, 0) is 10.0 Å². The Labute approximate surface area is 129 Å². The minimum atomic E-state index is -3.74. The van der Waals surface area contributed by atoms with Gasteiger partial charge in [-0.3, -0.25) is 0 Å². The largest absolute Gasteiger partial charge is 0.355 e. The van der Waals surface area contributed by atoms with Crippen molar-refractivity contribution in [3.63, 3.8) is 0 Å². The van der Waals surface area contributed by atoms with Crippen molar-refractivity contribution < 1.29 is 12.8 Å². The Balaban J connectivity index is 1.87. The average Bonchev–Trinajstić information content (AvgIpc) is 2.89. The lowest BCUT2D eigenvalue weighted by molar-refractivity contribution is 0.585. The number of hydrogen-bond acceptors (Lipinski definition) is 6. The Hall–Kier alpha value is -1.16. The SMILES string of the molecule is NS(=O)(=O)c1cnc(N[C@@H]2CCSc3c(F)cccc32)s1. The number of rotatable bonds is 3. The van der Waals surface area contributed by atoms with Gasteiger partial charge in [0.15, 0.2) is 9.34 Å². The number of thiazole rings is 1. The summed E-state index contributed by atoms with van der Waals surface area (Å²) in [5.74, 6) is 0.562. The number of halogens is 1. The van der Waals surface area contributed by atoms with Crippen LogP contribution in [0.4, 0.5) is 9.52 Å². The van der Waals surface area contributed by atoms with Gasteiger partial charge in [0.1, 0.15) is 5.82 Å². The van der Waals surface area contributed by atoms with Crippen LogP contribution in [0.5, 0.6) is 0 Å². The molecule has 3 rings (SSSR count). The molecule has 0 saturated carbocycles. The molecule has 9 heteroatoms. The zero-order chi connectivity index (χ0) is 15.0. The number of hydrogen-bond donors (Lipinski definition) is 2. The molecule has 112 valence electrons. The third kappa shape index (κ3) is 3.05. The summed E-state index contributed by atoms with van der Waals surface area (Å²) in [6, 6.07) is 4.90. The number of aromatic nitrogens is 1. The van der Waals surface area contributed by atoms with Crippen molar-refractivity contribution in [1.82, 2.24) is 4.98 Å². The van der Waals surface area contributed by atoms with Crippen molar-refractivity contribution in [3.8, 4) is 0 Å². The topological polar surface area (TPSA) is 85.1 Å². The van der Waals surface area contributed by atoms with Crippen molar-refractivity contribution in [3.05, 3.63) is 35.8 Å². The summed E-state index contributed by atoms with van der Waals surface area (Å²) >= 11 is 2.47. The first-order valence-corrected chi connectivity index (χ1v) is 9.46. The summed E-state index contributed by atoms with van der Waals surface area (Å²) in [6.45, 7) is 0. The van der Waals surface area contributed by atoms with Gasteiger partial charge in [-0.05, 0) is 18.1 Å². The smallest absolute Gasteiger partial charge is 0.249 e. The molecule has 2 aromatic rings. The van der Waals surface area contributed by atoms with E-state index in [2.05, 4.69) is 10.3 Å². The number of benzene rings is 1. The third-order valence-electron chi connectivity index (χ3n) is 3.09. The fraction of sp³-hybridized carbons (Fsp3) is 0.250. The Morgan fingerprint density at radius 3 is 2.95 bits per heavy atom. The molecule has 0 fully saturated rings. The molecule has 0 bridgehead atoms. The van der Waals surface area contributed by atoms with Gasteiger partial charge in [-0.1, -0.05) is 23.5 Å². The van der Waals surface area contributed by atoms with Crippen LogP contribution in [0.2, 0.25) is 0 Å². The van der Waals surface area contributed by atoms with Gasteiger partial charge in [-0.2, -0.15) is 0 Å². The van der Waals surface area contributed by atoms with E-state index in [1.807, 2.05) is 6.07 Å². The third-order valence-corrected chi connectivity index (χ3v) is 6.58. The molecule has 1 aromatic heterocycles. The van der Waals surface area contributed by atoms with Crippen LogP contribution in [0.15, 0.2) is 33.5 Å². The molecule has 0 amide bonds. The Morgan fingerprint density at radius 2 is 2.24 bits per heavy atom. The monoisotopic (exact) mass is 345 g/mol. The van der Waals surface area contributed by atoms with Gasteiger partial charge < -0.3 is 5.32 Å². The highest BCUT2D eigenvalue weighted by Crippen LogP contribution is 2.39. The molecule has 5 nitrogen and oxygen atoms in total. The van der Waals surface area contributed by atoms with Crippen LogP contribution in [0.1, 0.15) is 18.0 Å². The molecular formula is C12H12FN3O2S3. The molecule has 3 N–H and O–H groups in total. The van der Waals surface area contributed by atoms with E-state index in [0.29, 0.717) is 10.0 Å². The van der Waals surface area contributed by atoms with Crippen molar-refractivity contribution >= 4 is 38.3 Å². The molecule has 1 atom stereocenters. The molecule has 1 aromatic carbocycles. The van der Waals surface area contributed by atoms with Gasteiger partial charge in [0, 0.05) is 10.6 Å². The molecule has 0 radical (unpaired) electrons. The minimum Gasteiger partial charge on any atom is -0.355 e. The maximum atomic E-state index is 13.8. The second-order valence-corrected chi connectivity index (χ2v) is 8.45. The van der Waals surface area contributed by atoms with Crippen LogP contribution in [0, 0.1) is 5.82 Å². The second-order valence-electron chi connectivity index (χ2n) is 4.52. The Bertz CT molecular complexity index is 776. The van der Waals surface area contributed by atoms with Gasteiger partial charge in [0.2, 0.25) is 10.0 Å². The molecule has 0 spiro atoms. The van der Waals surface area contributed by atoms with E-state index in [-0.39, 0.29) is 16.1 Å². The van der Waals surface area contributed by atoms with Crippen LogP contribution in [0.25, 0.3) is 0 Å². The lowest BCUT2D eigenvalue weighted by Crippen LogP contribution is -2.16. The van der Waals surface area contributed by atoms with E-state index in [4.69, 9.17) is 5.14 Å². The van der Waals surface area contributed by atoms with Crippen molar-refractivity contribution in [2.24, 2.45) is 5.14 Å². The second kappa shape index (κ2) is 5.56. The van der Waals surface area contributed by atoms with Crippen molar-refractivity contribution in [2.45, 2.75) is 21.6 Å². The van der Waals surface area contributed by atoms with E-state index in [1.165, 1.54) is 24.0 Å². The first kappa shape index (κ1) is 14.8. The quantitative estimate of drug-likeness (QED) is 0.893. The van der Waals surface area contributed by atoms with E-state index in [0.717, 1.165) is 29.1 Å². The zero-order valence-corrected chi connectivity index (χ0v) is 13.2. The maximum Gasteiger partial charge on any atom is 0.249 e. The van der Waals surface area contributed by atoms with Gasteiger partial charge in [0.05, 0.1) is 12.2 Å². The molecule has 0 saturated heterocycles. The molecule has 2 heterocycles. The number of nitrogens with two attached hydrogens (primary N) is 1. The fourth-order valence-corrected chi connectivity index (χ4v) is 4.79. The van der Waals surface area contributed by atoms with E-state index in [1.54, 1.807) is 6.07 Å². The van der Waals surface area contributed by atoms with Crippen LogP contribution < -0.4 is 10.5 Å². The number of thioether (sulfide) groups is 1. The highest BCUT2D eigenvalue weighted by atomic mass is 32.2. The van der Waals surface area contributed by atoms with E-state index >= 15 is 0 Å². The van der Waals surface area contributed by atoms with Gasteiger partial charge in [-0.15, -0.1) is 11.8 Å². The number of nitrogens with zero attached hydrogens (tertiary/aromatic N) is 1. The molecule has 0 unspecified atom stereocenters. The zero-order valence-electron chi connectivity index (χ0n) is 10.7. The summed E-state index contributed by atoms with van der Waals surface area (Å²) < 4.78 is 36.3. The van der Waals surface area contributed by atoms with Gasteiger partial charge in [-0.25, -0.2) is 22.9 Å². The van der Waals surface area contributed by atoms with E-state index < -0.39 is 10.0 Å². The average molecular weight is 345 g/mol. The van der Waals surface area contributed by atoms with Gasteiger partial charge >= 0.3 is 0 Å². The number of nitrogens with one attached hydrogen (secondary N) is 1. The first-order chi connectivity index (χ1) is 9.95. The highest BCUT2D eigenvalue weighted by Gasteiger charge is 2.24. The molecular weight excluding hydrogens is 333 g/mol. The van der Waals surface area contributed by atoms with Gasteiger partial charge in [0.25, 0.3) is 0 Å². The predicted octanol–water partition coefficient (Wildman–Crippen LogP) is 2.58. The minimum absolute atomic E-state index is 0.00894. The van der Waals surface area contributed by atoms with E-state index in [9.17, 15) is 12.8 Å². The standard InChI is InChI=1S/C12H12FN3O2S3/c13-8-3-1-2-7-9(4-5-19-11(7)8)16-12-15-6-10(20-12)21(14,17)18/h1-3,6,9H,4-5H2,(H,15,16)(H2,14,17,18)/t9-/m1/s1. The number of sulfonamides is 1. The normalized spacial score (nSPS) is 18.3. The lowest BCUT2D eigenvalue weighted by atomic mass is 10.0. The van der Waals surface area contributed by atoms with Crippen LogP contribution in [0.3, 0.4) is 0 Å². The summed E-state index contributed by atoms with van der Waals surface area (Å²) in [6.07, 6.45) is 2.04. The molecule has 1 aliphatic rings. The van der Waals surface area contributed by atoms with Crippen LogP contribution >= 0.6 is 23.1 Å². The molecule has 1 aliphatic heterocycles. The van der Waals surface area contributed by atoms with Crippen LogP contribution in [-0.4, -0.2) is 19.2 Å². The summed E-state index contributed by atoms with van der Waals surface area (Å²) in [5, 5.41) is 8.69.